The number of fused-ring (bicyclic) bond motifs is 12. The molecule has 0 fully saturated rings. The minimum absolute atomic E-state index is 0.0748. The van der Waals surface area contributed by atoms with E-state index in [1.807, 2.05) is 0 Å². The Balaban J connectivity index is 1.16. The summed E-state index contributed by atoms with van der Waals surface area (Å²) in [6.07, 6.45) is 7.22. The van der Waals surface area contributed by atoms with Crippen LogP contribution in [0.2, 0.25) is 0 Å². The van der Waals surface area contributed by atoms with Crippen molar-refractivity contribution in [2.45, 2.75) is 161 Å². The number of hydrogen-bond acceptors (Lipinski definition) is 3. The van der Waals surface area contributed by atoms with E-state index in [4.69, 9.17) is 0 Å². The van der Waals surface area contributed by atoms with Gasteiger partial charge in [0, 0.05) is 43.3 Å². The van der Waals surface area contributed by atoms with Gasteiger partial charge in [-0.1, -0.05) is 137 Å². The summed E-state index contributed by atoms with van der Waals surface area (Å²) >= 11 is 2.10. The third-order valence-electron chi connectivity index (χ3n) is 18.9. The predicted molar refractivity (Wildman–Crippen MR) is 300 cm³/mol. The number of benzene rings is 6. The zero-order valence-electron chi connectivity index (χ0n) is 43.1. The molecule has 0 atom stereocenters. The van der Waals surface area contributed by atoms with Crippen LogP contribution in [0.4, 0.5) is 34.1 Å². The van der Waals surface area contributed by atoms with E-state index < -0.39 is 9.52 Å². The van der Waals surface area contributed by atoms with Crippen LogP contribution in [-0.4, -0.2) is 16.2 Å². The van der Waals surface area contributed by atoms with E-state index in [-0.39, 0.29) is 39.2 Å². The summed E-state index contributed by atoms with van der Waals surface area (Å²) in [6, 6.07) is 40.1. The van der Waals surface area contributed by atoms with Crippen LogP contribution in [0.5, 0.6) is 0 Å². The second-order valence-corrected chi connectivity index (χ2v) is 29.1. The van der Waals surface area contributed by atoms with Crippen LogP contribution in [0.1, 0.15) is 161 Å². The van der Waals surface area contributed by atoms with Crippen LogP contribution in [0.25, 0.3) is 21.2 Å². The molecular formula is C63H69BN2SSi. The molecule has 0 N–H and O–H groups in total. The molecule has 13 rings (SSSR count). The third-order valence-corrected chi connectivity index (χ3v) is 22.2. The van der Waals surface area contributed by atoms with E-state index in [0.717, 1.165) is 0 Å². The van der Waals surface area contributed by atoms with Crippen LogP contribution in [0.15, 0.2) is 97.1 Å². The van der Waals surface area contributed by atoms with Crippen LogP contribution in [-0.2, 0) is 32.5 Å². The molecule has 6 aromatic carbocycles. The van der Waals surface area contributed by atoms with Gasteiger partial charge in [0.05, 0.1) is 15.2 Å². The lowest BCUT2D eigenvalue weighted by Gasteiger charge is -2.47. The van der Waals surface area contributed by atoms with Crippen molar-refractivity contribution in [2.24, 2.45) is 0 Å². The van der Waals surface area contributed by atoms with Gasteiger partial charge in [-0.05, 0) is 193 Å². The van der Waals surface area contributed by atoms with Crippen LogP contribution in [0, 0.1) is 6.92 Å². The number of rotatable bonds is 2. The molecule has 3 aliphatic carbocycles. The van der Waals surface area contributed by atoms with Crippen LogP contribution >= 0.6 is 11.3 Å². The van der Waals surface area contributed by atoms with Gasteiger partial charge >= 0.3 is 0 Å². The SMILES string of the molecule is Cc1cc2c3c(c1)N(c1cccc4c1[SiH2]c1ccccc1-4)c1c(sc4cc5c(cc14)C(C)(C)CCC5(C)C)B3c1cc3c(cc1N2c1ccc2c(c1)C(C)(C)CCC2(C)C)C(C)(C)CCC3(C)C. The van der Waals surface area contributed by atoms with Gasteiger partial charge in [0.2, 0.25) is 0 Å². The molecule has 0 amide bonds. The van der Waals surface area contributed by atoms with Gasteiger partial charge in [0.15, 0.2) is 0 Å². The average molecular weight is 925 g/mol. The molecule has 0 saturated heterocycles. The highest BCUT2D eigenvalue weighted by Crippen LogP contribution is 2.55. The first kappa shape index (κ1) is 43.2. The Morgan fingerprint density at radius 2 is 1.03 bits per heavy atom. The molecule has 2 nitrogen and oxygen atoms in total. The minimum Gasteiger partial charge on any atom is -0.311 e. The average Bonchev–Trinajstić information content (AvgIpc) is 3.86. The van der Waals surface area contributed by atoms with Crippen molar-refractivity contribution in [3.8, 4) is 11.1 Å². The minimum atomic E-state index is -0.749. The Kier molecular flexibility index (Phi) is 8.72. The van der Waals surface area contributed by atoms with Crippen molar-refractivity contribution in [3.05, 3.63) is 136 Å². The van der Waals surface area contributed by atoms with Gasteiger partial charge in [-0.3, -0.25) is 0 Å². The number of thiophene rings is 1. The number of nitrogens with zero attached hydrogens (tertiary/aromatic N) is 2. The molecule has 0 radical (unpaired) electrons. The molecule has 0 unspecified atom stereocenters. The van der Waals surface area contributed by atoms with Crippen molar-refractivity contribution in [1.29, 1.82) is 0 Å². The first-order valence-corrected chi connectivity index (χ1v) is 28.2. The summed E-state index contributed by atoms with van der Waals surface area (Å²) in [7, 11) is -0.749. The van der Waals surface area contributed by atoms with Crippen molar-refractivity contribution in [1.82, 2.24) is 0 Å². The second-order valence-electron chi connectivity index (χ2n) is 26.2. The fourth-order valence-corrected chi connectivity index (χ4v) is 17.8. The molecule has 68 heavy (non-hydrogen) atoms. The van der Waals surface area contributed by atoms with Gasteiger partial charge in [0.25, 0.3) is 6.71 Å². The fourth-order valence-electron chi connectivity index (χ4n) is 14.3. The Bertz CT molecular complexity index is 3380. The Labute approximate surface area is 413 Å². The summed E-state index contributed by atoms with van der Waals surface area (Å²) in [5.74, 6) is 0. The lowest BCUT2D eigenvalue weighted by atomic mass is 9.35. The van der Waals surface area contributed by atoms with Gasteiger partial charge in [-0.15, -0.1) is 11.3 Å². The van der Waals surface area contributed by atoms with Crippen LogP contribution in [0.3, 0.4) is 0 Å². The summed E-state index contributed by atoms with van der Waals surface area (Å²) < 4.78 is 2.94. The van der Waals surface area contributed by atoms with Gasteiger partial charge in [-0.2, -0.15) is 0 Å². The summed E-state index contributed by atoms with van der Waals surface area (Å²) in [5.41, 5.74) is 25.2. The summed E-state index contributed by atoms with van der Waals surface area (Å²) in [6.45, 7) is 32.4. The molecule has 0 bridgehead atoms. The predicted octanol–water partition coefficient (Wildman–Crippen LogP) is 13.4. The van der Waals surface area contributed by atoms with Crippen molar-refractivity contribution < 1.29 is 0 Å². The Morgan fingerprint density at radius 1 is 0.485 bits per heavy atom. The topological polar surface area (TPSA) is 6.48 Å². The highest BCUT2D eigenvalue weighted by molar-refractivity contribution is 7.33. The number of hydrogen-bond donors (Lipinski definition) is 0. The zero-order chi connectivity index (χ0) is 47.4. The fraction of sp³-hybridized carbons (Fsp3) is 0.397. The Hall–Kier alpha value is -4.84. The highest BCUT2D eigenvalue weighted by atomic mass is 32.1. The smallest absolute Gasteiger partial charge is 0.264 e. The molecule has 1 aromatic heterocycles. The third kappa shape index (κ3) is 5.87. The monoisotopic (exact) mass is 925 g/mol. The normalized spacial score (nSPS) is 21.3. The molecule has 3 aliphatic heterocycles. The first-order chi connectivity index (χ1) is 32.1. The maximum Gasteiger partial charge on any atom is 0.264 e. The quantitative estimate of drug-likeness (QED) is 0.159. The molecule has 0 spiro atoms. The van der Waals surface area contributed by atoms with Crippen LogP contribution < -0.4 is 35.9 Å². The molecule has 6 aliphatic rings. The van der Waals surface area contributed by atoms with E-state index in [1.165, 1.54) is 132 Å². The summed E-state index contributed by atoms with van der Waals surface area (Å²) in [4.78, 5) is 5.56. The van der Waals surface area contributed by atoms with E-state index in [2.05, 4.69) is 208 Å². The molecule has 4 heterocycles. The molecular weight excluding hydrogens is 856 g/mol. The Morgan fingerprint density at radius 3 is 1.69 bits per heavy atom. The zero-order valence-corrected chi connectivity index (χ0v) is 45.3. The highest BCUT2D eigenvalue weighted by Gasteiger charge is 2.49. The van der Waals surface area contributed by atoms with E-state index >= 15 is 0 Å². The molecule has 0 saturated carbocycles. The van der Waals surface area contributed by atoms with Gasteiger partial charge in [0.1, 0.15) is 0 Å². The first-order valence-electron chi connectivity index (χ1n) is 26.0. The number of aryl methyl sites for hydroxylation is 1. The second kappa shape index (κ2) is 13.7. The standard InChI is InChI=1S/C63H69BN2SSi/c1-36-29-50-54-51(30-36)66(48-19-16-18-39-38-17-14-15-20-53(38)68-56(39)48)55-40-32-43-46(63(12,13)28-25-60(43,6)7)35-52(40)67-57(55)64(54)47-33-44-45(62(10,11)27-26-61(44,8)9)34-49(47)65(50)37-21-22-41-42(31-37)59(4,5)24-23-58(41,2)3/h14-22,29-35H,23-28,68H2,1-13H3. The van der Waals surface area contributed by atoms with Crippen molar-refractivity contribution in [3.63, 3.8) is 0 Å². The van der Waals surface area contributed by atoms with E-state index in [0.29, 0.717) is 0 Å². The lowest BCUT2D eigenvalue weighted by Crippen LogP contribution is -2.61. The van der Waals surface area contributed by atoms with Gasteiger partial charge in [-0.25, -0.2) is 0 Å². The summed E-state index contributed by atoms with van der Waals surface area (Å²) in [5, 5.41) is 4.58. The number of anilines is 6. The molecule has 344 valence electrons. The van der Waals surface area contributed by atoms with Crippen molar-refractivity contribution >= 4 is 97.9 Å². The van der Waals surface area contributed by atoms with E-state index in [9.17, 15) is 0 Å². The molecule has 5 heteroatoms. The van der Waals surface area contributed by atoms with Gasteiger partial charge < -0.3 is 9.80 Å². The molecule has 7 aromatic rings. The van der Waals surface area contributed by atoms with E-state index in [1.54, 1.807) is 27.1 Å². The van der Waals surface area contributed by atoms with Crippen molar-refractivity contribution in [2.75, 3.05) is 9.80 Å². The largest absolute Gasteiger partial charge is 0.311 e. The maximum absolute atomic E-state index is 2.81. The lowest BCUT2D eigenvalue weighted by molar-refractivity contribution is 0.332. The maximum atomic E-state index is 2.81.